The first-order chi connectivity index (χ1) is 12.2. The molecule has 3 aromatic carbocycles. The lowest BCUT2D eigenvalue weighted by atomic mass is 10.0. The zero-order valence-corrected chi connectivity index (χ0v) is 13.9. The van der Waals surface area contributed by atoms with E-state index in [4.69, 9.17) is 4.74 Å². The average molecular weight is 333 g/mol. The van der Waals surface area contributed by atoms with Gasteiger partial charge in [0.25, 0.3) is 5.91 Å². The maximum Gasteiger partial charge on any atom is 0.328 e. The molecule has 0 spiro atoms. The van der Waals surface area contributed by atoms with E-state index in [1.165, 1.54) is 7.11 Å². The van der Waals surface area contributed by atoms with Crippen LogP contribution in [0.4, 0.5) is 0 Å². The van der Waals surface area contributed by atoms with Crippen LogP contribution in [0.2, 0.25) is 0 Å². The zero-order valence-electron chi connectivity index (χ0n) is 13.9. The normalized spacial score (nSPS) is 11.7. The van der Waals surface area contributed by atoms with Crippen molar-refractivity contribution < 1.29 is 14.3 Å². The lowest BCUT2D eigenvalue weighted by molar-refractivity contribution is -0.142. The van der Waals surface area contributed by atoms with Crippen LogP contribution in [0.25, 0.3) is 10.8 Å². The van der Waals surface area contributed by atoms with Gasteiger partial charge in [-0.05, 0) is 22.4 Å². The molecule has 1 atom stereocenters. The largest absolute Gasteiger partial charge is 0.467 e. The number of benzene rings is 3. The number of carbonyl (C=O) groups is 2. The molecule has 0 heterocycles. The van der Waals surface area contributed by atoms with Crippen molar-refractivity contribution in [3.63, 3.8) is 0 Å². The van der Waals surface area contributed by atoms with Crippen LogP contribution >= 0.6 is 0 Å². The van der Waals surface area contributed by atoms with Gasteiger partial charge in [0.05, 0.1) is 7.11 Å². The van der Waals surface area contributed by atoms with E-state index in [2.05, 4.69) is 5.32 Å². The van der Waals surface area contributed by atoms with E-state index in [-0.39, 0.29) is 5.91 Å². The van der Waals surface area contributed by atoms with Crippen molar-refractivity contribution in [3.8, 4) is 0 Å². The quantitative estimate of drug-likeness (QED) is 0.729. The molecule has 0 aliphatic heterocycles. The van der Waals surface area contributed by atoms with Crippen LogP contribution in [-0.2, 0) is 16.0 Å². The summed E-state index contributed by atoms with van der Waals surface area (Å²) in [7, 11) is 1.32. The van der Waals surface area contributed by atoms with Gasteiger partial charge in [-0.15, -0.1) is 0 Å². The second-order valence-electron chi connectivity index (χ2n) is 5.77. The van der Waals surface area contributed by atoms with Crippen LogP contribution in [0.1, 0.15) is 15.9 Å². The van der Waals surface area contributed by atoms with Gasteiger partial charge < -0.3 is 10.1 Å². The summed E-state index contributed by atoms with van der Waals surface area (Å²) < 4.78 is 4.86. The first-order valence-corrected chi connectivity index (χ1v) is 8.09. The van der Waals surface area contributed by atoms with E-state index in [1.54, 1.807) is 6.07 Å². The number of hydrogen-bond donors (Lipinski definition) is 1. The summed E-state index contributed by atoms with van der Waals surface area (Å²) in [5.74, 6) is -0.749. The van der Waals surface area contributed by atoms with E-state index in [9.17, 15) is 9.59 Å². The second-order valence-corrected chi connectivity index (χ2v) is 5.77. The molecule has 0 bridgehead atoms. The molecular formula is C21H19NO3. The number of ether oxygens (including phenoxy) is 1. The molecule has 0 aromatic heterocycles. The molecule has 1 N–H and O–H groups in total. The Balaban J connectivity index is 1.85. The number of nitrogens with one attached hydrogen (secondary N) is 1. The highest BCUT2D eigenvalue weighted by Crippen LogP contribution is 2.18. The number of rotatable bonds is 5. The van der Waals surface area contributed by atoms with Gasteiger partial charge in [0.1, 0.15) is 6.04 Å². The Morgan fingerprint density at radius 2 is 1.60 bits per heavy atom. The van der Waals surface area contributed by atoms with Gasteiger partial charge >= 0.3 is 5.97 Å². The van der Waals surface area contributed by atoms with Gasteiger partial charge in [0.2, 0.25) is 0 Å². The fraction of sp³-hybridized carbons (Fsp3) is 0.143. The first kappa shape index (κ1) is 16.7. The highest BCUT2D eigenvalue weighted by atomic mass is 16.5. The Bertz CT molecular complexity index is 885. The minimum Gasteiger partial charge on any atom is -0.467 e. The Morgan fingerprint density at radius 1 is 0.920 bits per heavy atom. The molecule has 0 aliphatic rings. The summed E-state index contributed by atoms with van der Waals surface area (Å²) >= 11 is 0. The fourth-order valence-electron chi connectivity index (χ4n) is 2.84. The molecule has 0 saturated carbocycles. The highest BCUT2D eigenvalue weighted by molar-refractivity contribution is 6.08. The number of amides is 1. The molecule has 1 amide bonds. The Labute approximate surface area is 146 Å². The summed E-state index contributed by atoms with van der Waals surface area (Å²) in [4.78, 5) is 24.9. The van der Waals surface area contributed by atoms with Crippen LogP contribution < -0.4 is 5.32 Å². The standard InChI is InChI=1S/C21H19NO3/c1-25-21(24)19(14-15-8-3-2-4-9-15)22-20(23)18-13-7-11-16-10-5-6-12-17(16)18/h2-13,19H,14H2,1H3,(H,22,23). The molecule has 3 aromatic rings. The van der Waals surface area contributed by atoms with Crippen molar-refractivity contribution in [1.82, 2.24) is 5.32 Å². The fourth-order valence-corrected chi connectivity index (χ4v) is 2.84. The Morgan fingerprint density at radius 3 is 2.36 bits per heavy atom. The predicted molar refractivity (Wildman–Crippen MR) is 97.4 cm³/mol. The molecule has 4 nitrogen and oxygen atoms in total. The maximum absolute atomic E-state index is 12.8. The number of esters is 1. The molecule has 3 rings (SSSR count). The maximum atomic E-state index is 12.8. The number of methoxy groups -OCH3 is 1. The number of fused-ring (bicyclic) bond motifs is 1. The monoisotopic (exact) mass is 333 g/mol. The van der Waals surface area contributed by atoms with Crippen molar-refractivity contribution in [2.24, 2.45) is 0 Å². The smallest absolute Gasteiger partial charge is 0.328 e. The third kappa shape index (κ3) is 3.86. The topological polar surface area (TPSA) is 55.4 Å². The molecule has 0 fully saturated rings. The van der Waals surface area contributed by atoms with E-state index in [0.29, 0.717) is 12.0 Å². The zero-order chi connectivity index (χ0) is 17.6. The van der Waals surface area contributed by atoms with Crippen molar-refractivity contribution in [1.29, 1.82) is 0 Å². The molecule has 0 radical (unpaired) electrons. The Kier molecular flexibility index (Phi) is 5.09. The molecule has 1 unspecified atom stereocenters. The van der Waals surface area contributed by atoms with Crippen molar-refractivity contribution in [2.75, 3.05) is 7.11 Å². The third-order valence-electron chi connectivity index (χ3n) is 4.11. The lowest BCUT2D eigenvalue weighted by Gasteiger charge is -2.17. The number of carbonyl (C=O) groups excluding carboxylic acids is 2. The second kappa shape index (κ2) is 7.62. The lowest BCUT2D eigenvalue weighted by Crippen LogP contribution is -2.43. The molecule has 0 aliphatic carbocycles. The van der Waals surface area contributed by atoms with Crippen LogP contribution in [0.3, 0.4) is 0 Å². The van der Waals surface area contributed by atoms with Crippen LogP contribution in [-0.4, -0.2) is 25.0 Å². The summed E-state index contributed by atoms with van der Waals surface area (Å²) in [6.45, 7) is 0. The molecule has 25 heavy (non-hydrogen) atoms. The first-order valence-electron chi connectivity index (χ1n) is 8.09. The predicted octanol–water partition coefficient (Wildman–Crippen LogP) is 3.35. The van der Waals surface area contributed by atoms with Crippen molar-refractivity contribution >= 4 is 22.6 Å². The number of hydrogen-bond acceptors (Lipinski definition) is 3. The highest BCUT2D eigenvalue weighted by Gasteiger charge is 2.23. The van der Waals surface area contributed by atoms with Gasteiger partial charge in [-0.25, -0.2) is 4.79 Å². The SMILES string of the molecule is COC(=O)C(Cc1ccccc1)NC(=O)c1cccc2ccccc12. The van der Waals surface area contributed by atoms with Gasteiger partial charge in [-0.2, -0.15) is 0 Å². The third-order valence-corrected chi connectivity index (χ3v) is 4.11. The minimum atomic E-state index is -0.737. The van der Waals surface area contributed by atoms with Gasteiger partial charge in [0.15, 0.2) is 0 Å². The molecule has 126 valence electrons. The van der Waals surface area contributed by atoms with Crippen molar-refractivity contribution in [2.45, 2.75) is 12.5 Å². The van der Waals surface area contributed by atoms with E-state index in [0.717, 1.165) is 16.3 Å². The van der Waals surface area contributed by atoms with Gasteiger partial charge in [-0.1, -0.05) is 66.7 Å². The van der Waals surface area contributed by atoms with Gasteiger partial charge in [0, 0.05) is 12.0 Å². The summed E-state index contributed by atoms with van der Waals surface area (Å²) in [5.41, 5.74) is 1.50. The minimum absolute atomic E-state index is 0.289. The van der Waals surface area contributed by atoms with Gasteiger partial charge in [-0.3, -0.25) is 4.79 Å². The molecule has 4 heteroatoms. The van der Waals surface area contributed by atoms with Crippen LogP contribution in [0, 0.1) is 0 Å². The van der Waals surface area contributed by atoms with E-state index < -0.39 is 12.0 Å². The van der Waals surface area contributed by atoms with E-state index >= 15 is 0 Å². The van der Waals surface area contributed by atoms with Crippen molar-refractivity contribution in [3.05, 3.63) is 83.9 Å². The van der Waals surface area contributed by atoms with E-state index in [1.807, 2.05) is 66.7 Å². The average Bonchev–Trinajstić information content (AvgIpc) is 2.67. The molecule has 0 saturated heterocycles. The summed E-state index contributed by atoms with van der Waals surface area (Å²) in [6, 6.07) is 22.0. The Hall–Kier alpha value is -3.14. The summed E-state index contributed by atoms with van der Waals surface area (Å²) in [6.07, 6.45) is 0.379. The van der Waals surface area contributed by atoms with Crippen LogP contribution in [0.5, 0.6) is 0 Å². The summed E-state index contributed by atoms with van der Waals surface area (Å²) in [5, 5.41) is 4.64. The molecular weight excluding hydrogens is 314 g/mol. The van der Waals surface area contributed by atoms with Crippen LogP contribution in [0.15, 0.2) is 72.8 Å².